The fraction of sp³-hybridized carbons (Fsp3) is 0.263. The summed E-state index contributed by atoms with van der Waals surface area (Å²) in [5, 5.41) is 8.63. The highest BCUT2D eigenvalue weighted by Gasteiger charge is 2.29. The van der Waals surface area contributed by atoms with Crippen molar-refractivity contribution in [1.29, 1.82) is 0 Å². The second-order valence-electron chi connectivity index (χ2n) is 6.10. The predicted molar refractivity (Wildman–Crippen MR) is 94.5 cm³/mol. The van der Waals surface area contributed by atoms with Crippen LogP contribution in [-0.2, 0) is 16.1 Å². The molecule has 2 aromatic rings. The molecule has 2 amide bonds. The molecule has 6 heteroatoms. The number of rotatable bonds is 7. The SMILES string of the molecule is O=C(CNc1ccc(F)cc1)NCc1cccc(NC(=O)C2CC2)c1. The summed E-state index contributed by atoms with van der Waals surface area (Å²) < 4.78 is 12.8. The van der Waals surface area contributed by atoms with Crippen molar-refractivity contribution in [3.63, 3.8) is 0 Å². The van der Waals surface area contributed by atoms with Gasteiger partial charge in [0.1, 0.15) is 5.82 Å². The van der Waals surface area contributed by atoms with E-state index in [2.05, 4.69) is 16.0 Å². The molecule has 0 aliphatic heterocycles. The molecule has 0 atom stereocenters. The zero-order valence-electron chi connectivity index (χ0n) is 13.7. The Hall–Kier alpha value is -2.89. The topological polar surface area (TPSA) is 70.2 Å². The largest absolute Gasteiger partial charge is 0.376 e. The average molecular weight is 341 g/mol. The molecule has 3 rings (SSSR count). The fourth-order valence-electron chi connectivity index (χ4n) is 2.36. The van der Waals surface area contributed by atoms with E-state index in [9.17, 15) is 14.0 Å². The van der Waals surface area contributed by atoms with Gasteiger partial charge in [-0.3, -0.25) is 9.59 Å². The zero-order valence-corrected chi connectivity index (χ0v) is 13.7. The molecule has 3 N–H and O–H groups in total. The molecule has 1 saturated carbocycles. The van der Waals surface area contributed by atoms with Gasteiger partial charge in [-0.15, -0.1) is 0 Å². The van der Waals surface area contributed by atoms with Crippen LogP contribution in [0.1, 0.15) is 18.4 Å². The second kappa shape index (κ2) is 7.79. The number of anilines is 2. The van der Waals surface area contributed by atoms with Gasteiger partial charge in [0.05, 0.1) is 6.54 Å². The highest BCUT2D eigenvalue weighted by atomic mass is 19.1. The van der Waals surface area contributed by atoms with Crippen molar-refractivity contribution >= 4 is 23.2 Å². The lowest BCUT2D eigenvalue weighted by Gasteiger charge is -2.09. The Labute approximate surface area is 145 Å². The van der Waals surface area contributed by atoms with Crippen LogP contribution < -0.4 is 16.0 Å². The molecule has 5 nitrogen and oxygen atoms in total. The van der Waals surface area contributed by atoms with E-state index in [0.717, 1.165) is 24.1 Å². The predicted octanol–water partition coefficient (Wildman–Crippen LogP) is 2.90. The van der Waals surface area contributed by atoms with Crippen LogP contribution in [-0.4, -0.2) is 18.4 Å². The Morgan fingerprint density at radius 3 is 2.52 bits per heavy atom. The first-order valence-electron chi connectivity index (χ1n) is 8.26. The Morgan fingerprint density at radius 1 is 1.04 bits per heavy atom. The monoisotopic (exact) mass is 341 g/mol. The number of hydrogen-bond donors (Lipinski definition) is 3. The number of benzene rings is 2. The van der Waals surface area contributed by atoms with E-state index in [1.165, 1.54) is 12.1 Å². The molecule has 0 heterocycles. The minimum Gasteiger partial charge on any atom is -0.376 e. The Morgan fingerprint density at radius 2 is 1.80 bits per heavy atom. The molecule has 0 saturated heterocycles. The Bertz CT molecular complexity index is 758. The van der Waals surface area contributed by atoms with Crippen LogP contribution in [0.3, 0.4) is 0 Å². The molecular weight excluding hydrogens is 321 g/mol. The van der Waals surface area contributed by atoms with Crippen LogP contribution in [0, 0.1) is 11.7 Å². The Kier molecular flexibility index (Phi) is 5.28. The highest BCUT2D eigenvalue weighted by molar-refractivity contribution is 5.94. The van der Waals surface area contributed by atoms with Crippen LogP contribution in [0.15, 0.2) is 48.5 Å². The van der Waals surface area contributed by atoms with E-state index in [1.54, 1.807) is 12.1 Å². The fourth-order valence-corrected chi connectivity index (χ4v) is 2.36. The van der Waals surface area contributed by atoms with Gasteiger partial charge in [0.2, 0.25) is 11.8 Å². The minimum absolute atomic E-state index is 0.0599. The van der Waals surface area contributed by atoms with Gasteiger partial charge >= 0.3 is 0 Å². The van der Waals surface area contributed by atoms with Crippen LogP contribution in [0.2, 0.25) is 0 Å². The summed E-state index contributed by atoms with van der Waals surface area (Å²) >= 11 is 0. The number of hydrogen-bond acceptors (Lipinski definition) is 3. The quantitative estimate of drug-likeness (QED) is 0.725. The summed E-state index contributed by atoms with van der Waals surface area (Å²) in [6, 6.07) is 13.3. The van der Waals surface area contributed by atoms with E-state index >= 15 is 0 Å². The number of amides is 2. The average Bonchev–Trinajstić information content (AvgIpc) is 3.45. The lowest BCUT2D eigenvalue weighted by Crippen LogP contribution is -2.29. The number of carbonyl (C=O) groups excluding carboxylic acids is 2. The molecular formula is C19H20FN3O2. The van der Waals surface area contributed by atoms with E-state index in [1.807, 2.05) is 24.3 Å². The van der Waals surface area contributed by atoms with Gasteiger partial charge in [-0.25, -0.2) is 4.39 Å². The maximum absolute atomic E-state index is 12.8. The van der Waals surface area contributed by atoms with Gasteiger partial charge in [0.25, 0.3) is 0 Å². The number of carbonyl (C=O) groups is 2. The third-order valence-corrected chi connectivity index (χ3v) is 3.93. The normalized spacial score (nSPS) is 13.2. The molecule has 1 aliphatic rings. The summed E-state index contributed by atoms with van der Waals surface area (Å²) in [7, 11) is 0. The molecule has 25 heavy (non-hydrogen) atoms. The molecule has 2 aromatic carbocycles. The van der Waals surface area contributed by atoms with Crippen LogP contribution in [0.5, 0.6) is 0 Å². The minimum atomic E-state index is -0.316. The Balaban J connectivity index is 1.45. The van der Waals surface area contributed by atoms with Gasteiger partial charge in [-0.1, -0.05) is 12.1 Å². The van der Waals surface area contributed by atoms with Crippen molar-refractivity contribution in [2.24, 2.45) is 5.92 Å². The van der Waals surface area contributed by atoms with E-state index in [4.69, 9.17) is 0 Å². The second-order valence-corrected chi connectivity index (χ2v) is 6.10. The number of nitrogens with one attached hydrogen (secondary N) is 3. The first kappa shape index (κ1) is 17.0. The maximum Gasteiger partial charge on any atom is 0.239 e. The highest BCUT2D eigenvalue weighted by Crippen LogP contribution is 2.30. The van der Waals surface area contributed by atoms with E-state index in [-0.39, 0.29) is 30.1 Å². The third kappa shape index (κ3) is 5.31. The molecule has 0 unspecified atom stereocenters. The van der Waals surface area contributed by atoms with Crippen molar-refractivity contribution in [3.8, 4) is 0 Å². The van der Waals surface area contributed by atoms with Crippen molar-refractivity contribution in [1.82, 2.24) is 5.32 Å². The van der Waals surface area contributed by atoms with Gasteiger partial charge in [-0.2, -0.15) is 0 Å². The lowest BCUT2D eigenvalue weighted by atomic mass is 10.2. The standard InChI is InChI=1S/C19H20FN3O2/c20-15-6-8-16(9-7-15)21-12-18(24)22-11-13-2-1-3-17(10-13)23-19(25)14-4-5-14/h1-3,6-10,14,21H,4-5,11-12H2,(H,22,24)(H,23,25). The molecule has 130 valence electrons. The molecule has 0 spiro atoms. The van der Waals surface area contributed by atoms with Gasteiger partial charge in [0, 0.05) is 23.8 Å². The maximum atomic E-state index is 12.8. The summed E-state index contributed by atoms with van der Waals surface area (Å²) in [5.74, 6) is -0.272. The van der Waals surface area contributed by atoms with Crippen LogP contribution in [0.25, 0.3) is 0 Å². The summed E-state index contributed by atoms with van der Waals surface area (Å²) in [4.78, 5) is 23.7. The smallest absolute Gasteiger partial charge is 0.239 e. The van der Waals surface area contributed by atoms with Gasteiger partial charge < -0.3 is 16.0 Å². The summed E-state index contributed by atoms with van der Waals surface area (Å²) in [6.07, 6.45) is 1.92. The first-order chi connectivity index (χ1) is 12.1. The first-order valence-corrected chi connectivity index (χ1v) is 8.26. The van der Waals surface area contributed by atoms with Gasteiger partial charge in [-0.05, 0) is 54.8 Å². The third-order valence-electron chi connectivity index (χ3n) is 3.93. The van der Waals surface area contributed by atoms with Crippen molar-refractivity contribution in [2.45, 2.75) is 19.4 Å². The van der Waals surface area contributed by atoms with Crippen molar-refractivity contribution < 1.29 is 14.0 Å². The molecule has 1 fully saturated rings. The molecule has 0 aromatic heterocycles. The molecule has 0 bridgehead atoms. The van der Waals surface area contributed by atoms with Crippen LogP contribution in [0.4, 0.5) is 15.8 Å². The van der Waals surface area contributed by atoms with E-state index in [0.29, 0.717) is 12.2 Å². The lowest BCUT2D eigenvalue weighted by molar-refractivity contribution is -0.119. The van der Waals surface area contributed by atoms with Crippen molar-refractivity contribution in [2.75, 3.05) is 17.2 Å². The van der Waals surface area contributed by atoms with Crippen LogP contribution >= 0.6 is 0 Å². The van der Waals surface area contributed by atoms with Gasteiger partial charge in [0.15, 0.2) is 0 Å². The van der Waals surface area contributed by atoms with Crippen molar-refractivity contribution in [3.05, 3.63) is 59.9 Å². The van der Waals surface area contributed by atoms with E-state index < -0.39 is 0 Å². The summed E-state index contributed by atoms with van der Waals surface area (Å²) in [5.41, 5.74) is 2.33. The molecule has 0 radical (unpaired) electrons. The molecule has 1 aliphatic carbocycles. The summed E-state index contributed by atoms with van der Waals surface area (Å²) in [6.45, 7) is 0.473. The number of halogens is 1. The zero-order chi connectivity index (χ0) is 17.6.